The molecule has 0 spiro atoms. The van der Waals surface area contributed by atoms with Crippen molar-refractivity contribution in [2.24, 2.45) is 0 Å². The van der Waals surface area contributed by atoms with E-state index in [1.807, 2.05) is 13.0 Å². The first-order valence-corrected chi connectivity index (χ1v) is 10.3. The van der Waals surface area contributed by atoms with Crippen LogP contribution in [0.5, 0.6) is 0 Å². The maximum atomic E-state index is 13.4. The van der Waals surface area contributed by atoms with Crippen LogP contribution in [0.25, 0.3) is 22.6 Å². The van der Waals surface area contributed by atoms with Crippen LogP contribution in [0.3, 0.4) is 0 Å². The number of pyridine rings is 1. The second-order valence-electron chi connectivity index (χ2n) is 7.60. The fraction of sp³-hybridized carbons (Fsp3) is 0.182. The average molecular weight is 474 g/mol. The second kappa shape index (κ2) is 7.73. The van der Waals surface area contributed by atoms with Crippen LogP contribution in [-0.4, -0.2) is 32.4 Å². The van der Waals surface area contributed by atoms with Crippen LogP contribution in [0, 0.1) is 0 Å². The van der Waals surface area contributed by atoms with Gasteiger partial charge in [-0.3, -0.25) is 14.5 Å². The Balaban J connectivity index is 1.53. The maximum Gasteiger partial charge on any atom is 0.417 e. The van der Waals surface area contributed by atoms with Crippen molar-refractivity contribution in [2.45, 2.75) is 19.1 Å². The van der Waals surface area contributed by atoms with Crippen LogP contribution in [0.4, 0.5) is 18.9 Å². The van der Waals surface area contributed by atoms with E-state index in [0.717, 1.165) is 17.7 Å². The smallest absolute Gasteiger partial charge is 0.356 e. The van der Waals surface area contributed by atoms with Gasteiger partial charge in [-0.2, -0.15) is 18.3 Å². The monoisotopic (exact) mass is 473 g/mol. The summed E-state index contributed by atoms with van der Waals surface area (Å²) < 4.78 is 46.3. The summed E-state index contributed by atoms with van der Waals surface area (Å²) in [7, 11) is 0. The van der Waals surface area contributed by atoms with Crippen molar-refractivity contribution in [1.82, 2.24) is 19.9 Å². The van der Waals surface area contributed by atoms with Crippen LogP contribution in [0.15, 0.2) is 59.5 Å². The molecule has 168 valence electrons. The van der Waals surface area contributed by atoms with Gasteiger partial charge in [0.05, 0.1) is 28.4 Å². The highest BCUT2D eigenvalue weighted by Gasteiger charge is 2.37. The summed E-state index contributed by atoms with van der Waals surface area (Å²) in [6, 6.07) is 8.29. The van der Waals surface area contributed by atoms with E-state index >= 15 is 0 Å². The molecule has 4 aromatic rings. The van der Waals surface area contributed by atoms with E-state index in [1.165, 1.54) is 17.2 Å². The Labute approximate surface area is 190 Å². The molecular weight excluding hydrogens is 459 g/mol. The zero-order chi connectivity index (χ0) is 23.3. The van der Waals surface area contributed by atoms with Gasteiger partial charge in [-0.25, -0.2) is 0 Å². The molecule has 4 heterocycles. The summed E-state index contributed by atoms with van der Waals surface area (Å²) in [6.07, 6.45) is 0.207. The number of carbonyl (C=O) groups is 1. The third-order valence-electron chi connectivity index (χ3n) is 5.41. The summed E-state index contributed by atoms with van der Waals surface area (Å²) in [5.74, 6) is -0.0984. The first kappa shape index (κ1) is 21.2. The SMILES string of the molecule is CC1CN(c2ccc(C(F)(F)F)c(Cl)c2)C(=O)c2c(-c3cc(-c4cccnc4)no3)cnn21. The van der Waals surface area contributed by atoms with Gasteiger partial charge in [0.15, 0.2) is 5.76 Å². The number of aromatic nitrogens is 4. The minimum Gasteiger partial charge on any atom is -0.356 e. The van der Waals surface area contributed by atoms with Crippen LogP contribution in [0.2, 0.25) is 5.02 Å². The Morgan fingerprint density at radius 3 is 2.70 bits per heavy atom. The Bertz CT molecular complexity index is 1350. The fourth-order valence-corrected chi connectivity index (χ4v) is 4.10. The zero-order valence-corrected chi connectivity index (χ0v) is 17.8. The average Bonchev–Trinajstić information content (AvgIpc) is 3.43. The third kappa shape index (κ3) is 3.66. The van der Waals surface area contributed by atoms with Gasteiger partial charge in [0.25, 0.3) is 5.91 Å². The van der Waals surface area contributed by atoms with Crippen molar-refractivity contribution in [3.05, 3.63) is 71.3 Å². The van der Waals surface area contributed by atoms with Crippen molar-refractivity contribution in [1.29, 1.82) is 0 Å². The molecule has 1 atom stereocenters. The lowest BCUT2D eigenvalue weighted by atomic mass is 10.1. The van der Waals surface area contributed by atoms with Crippen molar-refractivity contribution >= 4 is 23.2 Å². The van der Waals surface area contributed by atoms with Crippen molar-refractivity contribution in [2.75, 3.05) is 11.4 Å². The highest BCUT2D eigenvalue weighted by Crippen LogP contribution is 2.39. The van der Waals surface area contributed by atoms with Crippen LogP contribution in [0.1, 0.15) is 29.0 Å². The summed E-state index contributed by atoms with van der Waals surface area (Å²) in [6.45, 7) is 2.07. The van der Waals surface area contributed by atoms with Gasteiger partial charge in [-0.15, -0.1) is 0 Å². The molecule has 3 aromatic heterocycles. The number of carbonyl (C=O) groups excluding carboxylic acids is 1. The van der Waals surface area contributed by atoms with Gasteiger partial charge >= 0.3 is 6.18 Å². The molecule has 1 aromatic carbocycles. The molecule has 0 bridgehead atoms. The molecule has 1 aliphatic heterocycles. The van der Waals surface area contributed by atoms with Crippen LogP contribution in [-0.2, 0) is 6.18 Å². The quantitative estimate of drug-likeness (QED) is 0.393. The third-order valence-corrected chi connectivity index (χ3v) is 5.72. The van der Waals surface area contributed by atoms with Gasteiger partial charge in [-0.05, 0) is 37.3 Å². The molecule has 1 aliphatic rings. The minimum absolute atomic E-state index is 0.214. The molecule has 0 N–H and O–H groups in total. The lowest BCUT2D eigenvalue weighted by Gasteiger charge is -2.32. The zero-order valence-electron chi connectivity index (χ0n) is 17.0. The molecule has 0 saturated carbocycles. The maximum absolute atomic E-state index is 13.4. The highest BCUT2D eigenvalue weighted by molar-refractivity contribution is 6.31. The Morgan fingerprint density at radius 2 is 2.00 bits per heavy atom. The molecule has 0 aliphatic carbocycles. The molecule has 5 rings (SSSR count). The van der Waals surface area contributed by atoms with Crippen molar-refractivity contribution < 1.29 is 22.5 Å². The van der Waals surface area contributed by atoms with E-state index in [2.05, 4.69) is 15.2 Å². The van der Waals surface area contributed by atoms with Gasteiger partial charge in [0, 0.05) is 36.3 Å². The van der Waals surface area contributed by atoms with Gasteiger partial charge in [-0.1, -0.05) is 16.8 Å². The largest absolute Gasteiger partial charge is 0.417 e. The Morgan fingerprint density at radius 1 is 1.18 bits per heavy atom. The predicted molar refractivity (Wildman–Crippen MR) is 114 cm³/mol. The summed E-state index contributed by atoms with van der Waals surface area (Å²) >= 11 is 5.88. The lowest BCUT2D eigenvalue weighted by Crippen LogP contribution is -2.42. The van der Waals surface area contributed by atoms with Gasteiger partial charge < -0.3 is 9.42 Å². The number of anilines is 1. The minimum atomic E-state index is -4.58. The number of benzene rings is 1. The van der Waals surface area contributed by atoms with Crippen LogP contribution >= 0.6 is 11.6 Å². The topological polar surface area (TPSA) is 77.1 Å². The number of amides is 1. The summed E-state index contributed by atoms with van der Waals surface area (Å²) in [4.78, 5) is 18.9. The molecule has 1 unspecified atom stereocenters. The first-order chi connectivity index (χ1) is 15.7. The van der Waals surface area contributed by atoms with Crippen molar-refractivity contribution in [3.63, 3.8) is 0 Å². The van der Waals surface area contributed by atoms with E-state index in [4.69, 9.17) is 16.1 Å². The summed E-state index contributed by atoms with van der Waals surface area (Å²) in [5, 5.41) is 7.91. The van der Waals surface area contributed by atoms with Crippen molar-refractivity contribution in [3.8, 4) is 22.6 Å². The number of hydrogen-bond donors (Lipinski definition) is 0. The van der Waals surface area contributed by atoms with Crippen LogP contribution < -0.4 is 4.90 Å². The summed E-state index contributed by atoms with van der Waals surface area (Å²) in [5.41, 5.74) is 1.27. The number of alkyl halides is 3. The second-order valence-corrected chi connectivity index (χ2v) is 8.00. The normalized spacial score (nSPS) is 16.2. The van der Waals surface area contributed by atoms with Gasteiger partial charge in [0.2, 0.25) is 0 Å². The highest BCUT2D eigenvalue weighted by atomic mass is 35.5. The molecule has 0 radical (unpaired) electrons. The molecule has 0 saturated heterocycles. The van der Waals surface area contributed by atoms with E-state index in [0.29, 0.717) is 17.0 Å². The predicted octanol–water partition coefficient (Wildman–Crippen LogP) is 5.49. The first-order valence-electron chi connectivity index (χ1n) is 9.87. The molecule has 0 fully saturated rings. The fourth-order valence-electron chi connectivity index (χ4n) is 3.82. The Hall–Kier alpha value is -3.66. The molecular formula is C22H15ClF3N5O2. The Kier molecular flexibility index (Phi) is 4.97. The molecule has 11 heteroatoms. The number of nitrogens with zero attached hydrogens (tertiary/aromatic N) is 5. The van der Waals surface area contributed by atoms with E-state index in [1.54, 1.807) is 29.2 Å². The standard InChI is InChI=1S/C22H15ClF3N5O2/c1-12-11-30(14-4-5-16(17(23)7-14)22(24,25)26)21(32)20-15(10-28-31(12)20)19-8-18(29-33-19)13-3-2-6-27-9-13/h2-10,12H,11H2,1H3. The molecule has 1 amide bonds. The van der Waals surface area contributed by atoms with E-state index in [9.17, 15) is 18.0 Å². The number of fused-ring (bicyclic) bond motifs is 1. The van der Waals surface area contributed by atoms with E-state index in [-0.39, 0.29) is 24.0 Å². The number of halogens is 4. The van der Waals surface area contributed by atoms with Gasteiger partial charge in [0.1, 0.15) is 11.4 Å². The van der Waals surface area contributed by atoms with E-state index < -0.39 is 22.7 Å². The molecule has 33 heavy (non-hydrogen) atoms. The number of rotatable bonds is 3. The number of hydrogen-bond acceptors (Lipinski definition) is 5. The lowest BCUT2D eigenvalue weighted by molar-refractivity contribution is -0.137. The molecule has 7 nitrogen and oxygen atoms in total.